The van der Waals surface area contributed by atoms with Gasteiger partial charge in [0.25, 0.3) is 0 Å². The van der Waals surface area contributed by atoms with Crippen LogP contribution in [0.25, 0.3) is 0 Å². The molecule has 0 amide bonds. The Morgan fingerprint density at radius 3 is 2.07 bits per heavy atom. The summed E-state index contributed by atoms with van der Waals surface area (Å²) in [5.41, 5.74) is 2.99. The summed E-state index contributed by atoms with van der Waals surface area (Å²) in [5.74, 6) is 0.695. The van der Waals surface area contributed by atoms with Crippen LogP contribution in [0.1, 0.15) is 75.3 Å². The van der Waals surface area contributed by atoms with Crippen molar-refractivity contribution in [2.24, 2.45) is 0 Å². The maximum atomic E-state index is 6.13. The third-order valence-electron chi connectivity index (χ3n) is 6.11. The molecule has 5 heteroatoms. The molecule has 4 nitrogen and oxygen atoms in total. The average Bonchev–Trinajstić information content (AvgIpc) is 2.76. The quantitative estimate of drug-likeness (QED) is 0.308. The molecule has 1 saturated carbocycles. The molecular formula is C23H40O4Si. The summed E-state index contributed by atoms with van der Waals surface area (Å²) in [7, 11) is 2.54. The van der Waals surface area contributed by atoms with Gasteiger partial charge < -0.3 is 18.0 Å². The number of aryl methyl sites for hydroxylation is 1. The van der Waals surface area contributed by atoms with E-state index in [1.165, 1.54) is 49.7 Å². The summed E-state index contributed by atoms with van der Waals surface area (Å²) < 4.78 is 22.5. The van der Waals surface area contributed by atoms with Crippen molar-refractivity contribution in [1.82, 2.24) is 0 Å². The van der Waals surface area contributed by atoms with Gasteiger partial charge in [0.05, 0.1) is 6.10 Å². The Labute approximate surface area is 173 Å². The number of hydrogen-bond donors (Lipinski definition) is 0. The third-order valence-corrected chi connectivity index (χ3v) is 8.94. The zero-order chi connectivity index (χ0) is 20.2. The molecule has 1 aliphatic rings. The lowest BCUT2D eigenvalue weighted by atomic mass is 9.82. The minimum absolute atomic E-state index is 0.397. The van der Waals surface area contributed by atoms with E-state index in [0.717, 1.165) is 31.9 Å². The van der Waals surface area contributed by atoms with Gasteiger partial charge in [0.1, 0.15) is 0 Å². The zero-order valence-corrected chi connectivity index (χ0v) is 19.4. The van der Waals surface area contributed by atoms with Gasteiger partial charge >= 0.3 is 8.80 Å². The predicted molar refractivity (Wildman–Crippen MR) is 117 cm³/mol. The molecule has 0 saturated heterocycles. The highest BCUT2D eigenvalue weighted by Gasteiger charge is 2.37. The van der Waals surface area contributed by atoms with Crippen molar-refractivity contribution in [3.8, 4) is 0 Å². The maximum absolute atomic E-state index is 6.13. The molecule has 0 aromatic heterocycles. The maximum Gasteiger partial charge on any atom is 0.500 e. The number of ether oxygens (including phenoxy) is 1. The topological polar surface area (TPSA) is 36.9 Å². The Balaban J connectivity index is 1.67. The number of hydrogen-bond acceptors (Lipinski definition) is 4. The normalized spacial score (nSPS) is 20.4. The van der Waals surface area contributed by atoms with Crippen molar-refractivity contribution in [3.63, 3.8) is 0 Å². The molecule has 1 fully saturated rings. The van der Waals surface area contributed by atoms with Crippen molar-refractivity contribution >= 4 is 8.80 Å². The second kappa shape index (κ2) is 12.8. The highest BCUT2D eigenvalue weighted by Crippen LogP contribution is 2.34. The molecule has 2 rings (SSSR count). The van der Waals surface area contributed by atoms with Gasteiger partial charge in [0.2, 0.25) is 0 Å². The van der Waals surface area contributed by atoms with Gasteiger partial charge in [-0.3, -0.25) is 0 Å². The Morgan fingerprint density at radius 1 is 0.857 bits per heavy atom. The summed E-state index contributed by atoms with van der Waals surface area (Å²) in [4.78, 5) is 0. The summed E-state index contributed by atoms with van der Waals surface area (Å²) in [5, 5.41) is 0. The summed E-state index contributed by atoms with van der Waals surface area (Å²) >= 11 is 0. The van der Waals surface area contributed by atoms with Gasteiger partial charge in [-0.15, -0.1) is 0 Å². The summed E-state index contributed by atoms with van der Waals surface area (Å²) in [6, 6.07) is 10.2. The lowest BCUT2D eigenvalue weighted by Crippen LogP contribution is -2.42. The van der Waals surface area contributed by atoms with Gasteiger partial charge in [-0.05, 0) is 62.0 Å². The number of unbranched alkanes of at least 4 members (excludes halogenated alkanes) is 2. The largest absolute Gasteiger partial charge is 0.500 e. The monoisotopic (exact) mass is 408 g/mol. The molecule has 0 radical (unpaired) electrons. The molecule has 160 valence electrons. The molecule has 0 N–H and O–H groups in total. The van der Waals surface area contributed by atoms with Crippen LogP contribution in [-0.2, 0) is 24.4 Å². The predicted octanol–water partition coefficient (Wildman–Crippen LogP) is 5.73. The lowest BCUT2D eigenvalue weighted by molar-refractivity contribution is 0.0225. The van der Waals surface area contributed by atoms with E-state index in [-0.39, 0.29) is 0 Å². The first-order valence-corrected chi connectivity index (χ1v) is 13.0. The van der Waals surface area contributed by atoms with E-state index in [2.05, 4.69) is 31.2 Å². The van der Waals surface area contributed by atoms with Crippen molar-refractivity contribution in [3.05, 3.63) is 35.4 Å². The van der Waals surface area contributed by atoms with E-state index in [4.69, 9.17) is 18.0 Å². The Hall–Kier alpha value is -0.723. The molecule has 1 aromatic carbocycles. The van der Waals surface area contributed by atoms with Crippen LogP contribution in [0.3, 0.4) is 0 Å². The van der Waals surface area contributed by atoms with Crippen LogP contribution in [0.5, 0.6) is 0 Å². The standard InChI is InChI=1S/C23H40O4Si/c1-5-6-7-9-20-10-12-21(13-11-20)22-14-16-23(17-15-22)27-18-8-19-28(24-2,25-3)26-4/h10-13,22-23H,5-9,14-19H2,1-4H3. The zero-order valence-electron chi connectivity index (χ0n) is 18.4. The molecule has 0 unspecified atom stereocenters. The lowest BCUT2D eigenvalue weighted by Gasteiger charge is -2.29. The SMILES string of the molecule is CCCCCc1ccc(C2CCC(OCCC[Si](OC)(OC)OC)CC2)cc1. The van der Waals surface area contributed by atoms with Gasteiger partial charge in [-0.25, -0.2) is 0 Å². The van der Waals surface area contributed by atoms with Gasteiger partial charge in [0.15, 0.2) is 0 Å². The fraction of sp³-hybridized carbons (Fsp3) is 0.739. The Morgan fingerprint density at radius 2 is 1.50 bits per heavy atom. The van der Waals surface area contributed by atoms with Crippen LogP contribution in [0.2, 0.25) is 6.04 Å². The molecule has 0 bridgehead atoms. The van der Waals surface area contributed by atoms with E-state index < -0.39 is 8.80 Å². The highest BCUT2D eigenvalue weighted by molar-refractivity contribution is 6.60. The van der Waals surface area contributed by atoms with Gasteiger partial charge in [0, 0.05) is 34.0 Å². The molecule has 1 aliphatic carbocycles. The van der Waals surface area contributed by atoms with Crippen LogP contribution in [0.4, 0.5) is 0 Å². The third kappa shape index (κ3) is 7.27. The average molecular weight is 409 g/mol. The van der Waals surface area contributed by atoms with Crippen LogP contribution in [0.15, 0.2) is 24.3 Å². The minimum atomic E-state index is -2.45. The molecule has 28 heavy (non-hydrogen) atoms. The van der Waals surface area contributed by atoms with Crippen molar-refractivity contribution in [2.75, 3.05) is 27.9 Å². The number of rotatable bonds is 13. The van der Waals surface area contributed by atoms with Crippen LogP contribution in [0, 0.1) is 0 Å². The second-order valence-corrected chi connectivity index (χ2v) is 11.0. The number of benzene rings is 1. The molecule has 0 aliphatic heterocycles. The first-order chi connectivity index (χ1) is 13.7. The van der Waals surface area contributed by atoms with E-state index in [0.29, 0.717) is 12.0 Å². The van der Waals surface area contributed by atoms with Gasteiger partial charge in [-0.1, -0.05) is 44.0 Å². The van der Waals surface area contributed by atoms with Crippen LogP contribution < -0.4 is 0 Å². The first-order valence-electron chi connectivity index (χ1n) is 11.0. The minimum Gasteiger partial charge on any atom is -0.378 e. The van der Waals surface area contributed by atoms with Gasteiger partial charge in [-0.2, -0.15) is 0 Å². The van der Waals surface area contributed by atoms with Crippen molar-refractivity contribution in [2.45, 2.75) is 82.8 Å². The fourth-order valence-electron chi connectivity index (χ4n) is 4.19. The van der Waals surface area contributed by atoms with E-state index in [1.807, 2.05) is 0 Å². The van der Waals surface area contributed by atoms with E-state index in [1.54, 1.807) is 21.3 Å². The smallest absolute Gasteiger partial charge is 0.378 e. The first kappa shape index (κ1) is 23.6. The van der Waals surface area contributed by atoms with E-state index in [9.17, 15) is 0 Å². The van der Waals surface area contributed by atoms with Crippen LogP contribution >= 0.6 is 0 Å². The Kier molecular flexibility index (Phi) is 10.7. The molecule has 0 spiro atoms. The summed E-state index contributed by atoms with van der Waals surface area (Å²) in [6.07, 6.45) is 11.2. The summed E-state index contributed by atoms with van der Waals surface area (Å²) in [6.45, 7) is 3.02. The molecule has 0 heterocycles. The van der Waals surface area contributed by atoms with Crippen LogP contribution in [-0.4, -0.2) is 42.8 Å². The van der Waals surface area contributed by atoms with E-state index >= 15 is 0 Å². The van der Waals surface area contributed by atoms with Crippen molar-refractivity contribution in [1.29, 1.82) is 0 Å². The molecule has 0 atom stereocenters. The van der Waals surface area contributed by atoms with Crippen molar-refractivity contribution < 1.29 is 18.0 Å². The second-order valence-electron chi connectivity index (χ2n) is 7.94. The highest BCUT2D eigenvalue weighted by atomic mass is 28.4. The fourth-order valence-corrected chi connectivity index (χ4v) is 5.88. The molecular weight excluding hydrogens is 368 g/mol. The Bertz CT molecular complexity index is 514. The molecule has 1 aromatic rings.